The molecule has 0 amide bonds. The number of ether oxygens (including phenoxy) is 1. The van der Waals surface area contributed by atoms with Gasteiger partial charge in [0.05, 0.1) is 18.2 Å². The van der Waals surface area contributed by atoms with Gasteiger partial charge >= 0.3 is 0 Å². The molecule has 0 spiro atoms. The van der Waals surface area contributed by atoms with Crippen LogP contribution in [0.25, 0.3) is 0 Å². The summed E-state index contributed by atoms with van der Waals surface area (Å²) in [5.41, 5.74) is 1.46. The van der Waals surface area contributed by atoms with E-state index >= 15 is 0 Å². The van der Waals surface area contributed by atoms with Gasteiger partial charge in [-0.15, -0.1) is 0 Å². The molecule has 2 N–H and O–H groups in total. The first kappa shape index (κ1) is 17.3. The highest BCUT2D eigenvalue weighted by Gasteiger charge is 2.12. The van der Waals surface area contributed by atoms with Crippen molar-refractivity contribution in [2.24, 2.45) is 5.10 Å². The molecule has 0 saturated heterocycles. The van der Waals surface area contributed by atoms with Crippen molar-refractivity contribution in [2.45, 2.75) is 11.8 Å². The highest BCUT2D eigenvalue weighted by molar-refractivity contribution is 9.10. The molecule has 8 heteroatoms. The van der Waals surface area contributed by atoms with Crippen LogP contribution in [-0.4, -0.2) is 26.8 Å². The Morgan fingerprint density at radius 1 is 1.26 bits per heavy atom. The van der Waals surface area contributed by atoms with Crippen LogP contribution < -0.4 is 9.57 Å². The van der Waals surface area contributed by atoms with E-state index in [9.17, 15) is 13.5 Å². The molecule has 0 radical (unpaired) electrons. The van der Waals surface area contributed by atoms with E-state index in [1.165, 1.54) is 31.5 Å². The molecule has 0 heterocycles. The monoisotopic (exact) mass is 398 g/mol. The van der Waals surface area contributed by atoms with Crippen LogP contribution >= 0.6 is 15.9 Å². The van der Waals surface area contributed by atoms with Crippen LogP contribution in [0.1, 0.15) is 11.1 Å². The van der Waals surface area contributed by atoms with Crippen molar-refractivity contribution in [3.63, 3.8) is 0 Å². The van der Waals surface area contributed by atoms with E-state index in [4.69, 9.17) is 4.74 Å². The number of methoxy groups -OCH3 is 1. The van der Waals surface area contributed by atoms with Gasteiger partial charge in [-0.05, 0) is 47.1 Å². The topological polar surface area (TPSA) is 88.0 Å². The van der Waals surface area contributed by atoms with Crippen LogP contribution in [0.15, 0.2) is 50.9 Å². The van der Waals surface area contributed by atoms with Crippen molar-refractivity contribution in [2.75, 3.05) is 7.11 Å². The summed E-state index contributed by atoms with van der Waals surface area (Å²) in [5.74, 6) is 0.229. The molecule has 0 aliphatic heterocycles. The van der Waals surface area contributed by atoms with Gasteiger partial charge < -0.3 is 9.84 Å². The third kappa shape index (κ3) is 4.23. The maximum Gasteiger partial charge on any atom is 0.276 e. The third-order valence-corrected chi connectivity index (χ3v) is 4.93. The fraction of sp³-hybridized carbons (Fsp3) is 0.133. The zero-order valence-corrected chi connectivity index (χ0v) is 14.8. The van der Waals surface area contributed by atoms with Gasteiger partial charge in [0.15, 0.2) is 11.5 Å². The molecular formula is C15H15BrN2O4S. The van der Waals surface area contributed by atoms with Crippen molar-refractivity contribution < 1.29 is 18.3 Å². The quantitative estimate of drug-likeness (QED) is 0.598. The van der Waals surface area contributed by atoms with Crippen LogP contribution in [0.3, 0.4) is 0 Å². The second-order valence-electron chi connectivity index (χ2n) is 4.71. The minimum atomic E-state index is -3.73. The van der Waals surface area contributed by atoms with Gasteiger partial charge in [-0.25, -0.2) is 4.83 Å². The van der Waals surface area contributed by atoms with Crippen molar-refractivity contribution in [3.05, 3.63) is 52.0 Å². The van der Waals surface area contributed by atoms with Gasteiger partial charge in [0.1, 0.15) is 0 Å². The minimum Gasteiger partial charge on any atom is -0.504 e. The van der Waals surface area contributed by atoms with Crippen LogP contribution in [0, 0.1) is 6.92 Å². The first-order valence-electron chi connectivity index (χ1n) is 6.51. The summed E-state index contributed by atoms with van der Waals surface area (Å²) >= 11 is 3.30. The number of benzene rings is 2. The molecular weight excluding hydrogens is 384 g/mol. The van der Waals surface area contributed by atoms with Crippen LogP contribution in [0.5, 0.6) is 11.5 Å². The van der Waals surface area contributed by atoms with Gasteiger partial charge in [0.2, 0.25) is 0 Å². The Bertz CT molecular complexity index is 833. The summed E-state index contributed by atoms with van der Waals surface area (Å²) in [5, 5.41) is 13.5. The number of hydrazone groups is 1. The highest BCUT2D eigenvalue weighted by Crippen LogP contribution is 2.31. The number of phenolic OH excluding ortho intramolecular Hbond substituents is 1. The molecule has 2 aromatic rings. The normalized spacial score (nSPS) is 11.6. The Hall–Kier alpha value is -2.06. The first-order chi connectivity index (χ1) is 10.8. The Morgan fingerprint density at radius 2 is 1.91 bits per heavy atom. The number of aryl methyl sites for hydroxylation is 1. The lowest BCUT2D eigenvalue weighted by atomic mass is 10.2. The maximum absolute atomic E-state index is 12.1. The number of phenols is 1. The van der Waals surface area contributed by atoms with Crippen LogP contribution in [0.2, 0.25) is 0 Å². The van der Waals surface area contributed by atoms with Crippen molar-refractivity contribution in [1.29, 1.82) is 0 Å². The molecule has 0 saturated carbocycles. The Labute approximate surface area is 143 Å². The molecule has 0 aliphatic rings. The third-order valence-electron chi connectivity index (χ3n) is 3.01. The molecule has 0 bridgehead atoms. The average molecular weight is 399 g/mol. The van der Waals surface area contributed by atoms with E-state index in [0.29, 0.717) is 15.8 Å². The van der Waals surface area contributed by atoms with Crippen molar-refractivity contribution in [1.82, 2.24) is 4.83 Å². The largest absolute Gasteiger partial charge is 0.504 e. The predicted octanol–water partition coefficient (Wildman–Crippen LogP) is 2.78. The number of hydrogen-bond donors (Lipinski definition) is 2. The zero-order chi connectivity index (χ0) is 17.0. The molecule has 0 atom stereocenters. The smallest absolute Gasteiger partial charge is 0.276 e. The fourth-order valence-corrected chi connectivity index (χ4v) is 2.97. The van der Waals surface area contributed by atoms with Crippen molar-refractivity contribution >= 4 is 32.2 Å². The number of rotatable bonds is 5. The average Bonchev–Trinajstić information content (AvgIpc) is 2.50. The lowest BCUT2D eigenvalue weighted by Crippen LogP contribution is -2.18. The summed E-state index contributed by atoms with van der Waals surface area (Å²) in [4.78, 5) is 2.25. The molecule has 0 aliphatic carbocycles. The van der Waals surface area contributed by atoms with E-state index in [1.54, 1.807) is 18.2 Å². The molecule has 2 rings (SSSR count). The SMILES string of the molecule is COc1cc(Br)c(/C=N/NS(=O)(=O)c2ccc(C)cc2)cc1O. The number of nitrogens with one attached hydrogen (secondary N) is 1. The molecule has 122 valence electrons. The summed E-state index contributed by atoms with van der Waals surface area (Å²) in [6.07, 6.45) is 1.29. The Morgan fingerprint density at radius 3 is 2.52 bits per heavy atom. The maximum atomic E-state index is 12.1. The molecule has 6 nitrogen and oxygen atoms in total. The molecule has 2 aromatic carbocycles. The number of nitrogens with zero attached hydrogens (tertiary/aromatic N) is 1. The number of hydrogen-bond acceptors (Lipinski definition) is 5. The van der Waals surface area contributed by atoms with Crippen LogP contribution in [-0.2, 0) is 10.0 Å². The summed E-state index contributed by atoms with van der Waals surface area (Å²) in [6, 6.07) is 9.38. The van der Waals surface area contributed by atoms with Gasteiger partial charge in [-0.2, -0.15) is 13.5 Å². The number of sulfonamides is 1. The zero-order valence-electron chi connectivity index (χ0n) is 12.4. The molecule has 0 aromatic heterocycles. The van der Waals surface area contributed by atoms with E-state index in [1.807, 2.05) is 6.92 Å². The lowest BCUT2D eigenvalue weighted by molar-refractivity contribution is 0.373. The fourth-order valence-electron chi connectivity index (χ4n) is 1.76. The van der Waals surface area contributed by atoms with E-state index in [2.05, 4.69) is 25.9 Å². The van der Waals surface area contributed by atoms with Gasteiger partial charge in [-0.1, -0.05) is 17.7 Å². The van der Waals surface area contributed by atoms with Gasteiger partial charge in [0.25, 0.3) is 10.0 Å². The number of aromatic hydroxyl groups is 1. The Kier molecular flexibility index (Phi) is 5.27. The summed E-state index contributed by atoms with van der Waals surface area (Å²) < 4.78 is 29.7. The lowest BCUT2D eigenvalue weighted by Gasteiger charge is -2.06. The Balaban J connectivity index is 2.18. The molecule has 23 heavy (non-hydrogen) atoms. The summed E-state index contributed by atoms with van der Waals surface area (Å²) in [6.45, 7) is 1.87. The standard InChI is InChI=1S/C15H15BrN2O4S/c1-10-3-5-12(6-4-10)23(20,21)18-17-9-11-7-14(19)15(22-2)8-13(11)16/h3-9,18-19H,1-2H3/b17-9+. The van der Waals surface area contributed by atoms with Gasteiger partial charge in [-0.3, -0.25) is 0 Å². The van der Waals surface area contributed by atoms with E-state index in [0.717, 1.165) is 5.56 Å². The predicted molar refractivity (Wildman–Crippen MR) is 91.5 cm³/mol. The number of halogens is 1. The van der Waals surface area contributed by atoms with Crippen LogP contribution in [0.4, 0.5) is 0 Å². The first-order valence-corrected chi connectivity index (χ1v) is 8.79. The molecule has 0 unspecified atom stereocenters. The second kappa shape index (κ2) is 7.01. The van der Waals surface area contributed by atoms with Gasteiger partial charge in [0, 0.05) is 10.0 Å². The van der Waals surface area contributed by atoms with Crippen molar-refractivity contribution in [3.8, 4) is 11.5 Å². The molecule has 0 fully saturated rings. The second-order valence-corrected chi connectivity index (χ2v) is 7.23. The highest BCUT2D eigenvalue weighted by atomic mass is 79.9. The van der Waals surface area contributed by atoms with E-state index < -0.39 is 10.0 Å². The summed E-state index contributed by atoms with van der Waals surface area (Å²) in [7, 11) is -2.30. The van der Waals surface area contributed by atoms with E-state index in [-0.39, 0.29) is 10.6 Å². The minimum absolute atomic E-state index is 0.0708.